The van der Waals surface area contributed by atoms with E-state index < -0.39 is 0 Å². The average molecular weight is 232 g/mol. The minimum absolute atomic E-state index is 0.188. The summed E-state index contributed by atoms with van der Waals surface area (Å²) in [6.45, 7) is 1.84. The summed E-state index contributed by atoms with van der Waals surface area (Å²) in [6, 6.07) is 9.36. The van der Waals surface area contributed by atoms with Gasteiger partial charge in [0.25, 0.3) is 0 Å². The first kappa shape index (κ1) is 11.5. The second-order valence-electron chi connectivity index (χ2n) is 3.75. The third kappa shape index (κ3) is 2.79. The van der Waals surface area contributed by atoms with Gasteiger partial charge in [0, 0.05) is 23.9 Å². The van der Waals surface area contributed by atoms with Crippen molar-refractivity contribution in [2.24, 2.45) is 5.73 Å². The molecule has 0 saturated carbocycles. The molecule has 88 valence electrons. The third-order valence-electron chi connectivity index (χ3n) is 2.30. The first-order valence-corrected chi connectivity index (χ1v) is 5.31. The minimum atomic E-state index is -0.347. The third-order valence-corrected chi connectivity index (χ3v) is 2.30. The highest BCUT2D eigenvalue weighted by molar-refractivity contribution is 5.33. The van der Waals surface area contributed by atoms with Crippen molar-refractivity contribution < 1.29 is 9.13 Å². The predicted octanol–water partition coefficient (Wildman–Crippen LogP) is 3.03. The van der Waals surface area contributed by atoms with Crippen molar-refractivity contribution in [2.75, 3.05) is 0 Å². The molecule has 2 aromatic rings. The highest BCUT2D eigenvalue weighted by atomic mass is 19.1. The summed E-state index contributed by atoms with van der Waals surface area (Å²) in [4.78, 5) is 4.10. The fourth-order valence-electron chi connectivity index (χ4n) is 1.48. The van der Waals surface area contributed by atoms with Gasteiger partial charge in [0.2, 0.25) is 5.88 Å². The Morgan fingerprint density at radius 3 is 2.82 bits per heavy atom. The van der Waals surface area contributed by atoms with Crippen molar-refractivity contribution in [2.45, 2.75) is 13.0 Å². The standard InChI is InChI=1S/C13H13FN2O/c1-9(15)12-6-3-7-16-13(12)17-11-5-2-4-10(14)8-11/h2-9H,15H2,1H3. The smallest absolute Gasteiger partial charge is 0.223 e. The van der Waals surface area contributed by atoms with Gasteiger partial charge in [-0.1, -0.05) is 12.1 Å². The van der Waals surface area contributed by atoms with Gasteiger partial charge in [0.1, 0.15) is 11.6 Å². The van der Waals surface area contributed by atoms with Gasteiger partial charge >= 0.3 is 0 Å². The molecular formula is C13H13FN2O. The normalized spacial score (nSPS) is 12.2. The molecule has 2 rings (SSSR count). The van der Waals surface area contributed by atoms with Crippen LogP contribution in [0.15, 0.2) is 42.6 Å². The second-order valence-corrected chi connectivity index (χ2v) is 3.75. The number of nitrogens with two attached hydrogens (primary N) is 1. The maximum Gasteiger partial charge on any atom is 0.223 e. The first-order chi connectivity index (χ1) is 8.16. The predicted molar refractivity (Wildman–Crippen MR) is 63.3 cm³/mol. The Balaban J connectivity index is 2.30. The van der Waals surface area contributed by atoms with Crippen molar-refractivity contribution >= 4 is 0 Å². The minimum Gasteiger partial charge on any atom is -0.439 e. The number of ether oxygens (including phenoxy) is 1. The number of nitrogens with zero attached hydrogens (tertiary/aromatic N) is 1. The molecule has 17 heavy (non-hydrogen) atoms. The van der Waals surface area contributed by atoms with E-state index in [2.05, 4.69) is 4.98 Å². The van der Waals surface area contributed by atoms with Gasteiger partial charge in [0.05, 0.1) is 0 Å². The van der Waals surface area contributed by atoms with Gasteiger partial charge in [-0.05, 0) is 25.1 Å². The summed E-state index contributed by atoms with van der Waals surface area (Å²) >= 11 is 0. The molecule has 1 atom stereocenters. The lowest BCUT2D eigenvalue weighted by atomic mass is 10.1. The zero-order valence-corrected chi connectivity index (χ0v) is 9.43. The maximum atomic E-state index is 13.0. The largest absolute Gasteiger partial charge is 0.439 e. The molecule has 0 aliphatic rings. The summed E-state index contributed by atoms with van der Waals surface area (Å²) in [5.41, 5.74) is 6.59. The molecule has 0 fully saturated rings. The number of benzene rings is 1. The van der Waals surface area contributed by atoms with Gasteiger partial charge in [0.15, 0.2) is 0 Å². The van der Waals surface area contributed by atoms with E-state index >= 15 is 0 Å². The van der Waals surface area contributed by atoms with Crippen LogP contribution in [0, 0.1) is 5.82 Å². The van der Waals surface area contributed by atoms with E-state index in [9.17, 15) is 4.39 Å². The fraction of sp³-hybridized carbons (Fsp3) is 0.154. The van der Waals surface area contributed by atoms with Gasteiger partial charge < -0.3 is 10.5 Å². The Hall–Kier alpha value is -1.94. The first-order valence-electron chi connectivity index (χ1n) is 5.31. The number of pyridine rings is 1. The Morgan fingerprint density at radius 2 is 2.12 bits per heavy atom. The molecule has 1 heterocycles. The molecule has 0 saturated heterocycles. The van der Waals surface area contributed by atoms with Crippen molar-refractivity contribution in [1.29, 1.82) is 0 Å². The number of hydrogen-bond donors (Lipinski definition) is 1. The maximum absolute atomic E-state index is 13.0. The van der Waals surface area contributed by atoms with E-state index in [0.29, 0.717) is 11.6 Å². The molecule has 4 heteroatoms. The van der Waals surface area contributed by atoms with Crippen LogP contribution in [-0.2, 0) is 0 Å². The highest BCUT2D eigenvalue weighted by Crippen LogP contribution is 2.26. The van der Waals surface area contributed by atoms with Gasteiger partial charge in [-0.2, -0.15) is 0 Å². The molecule has 0 aliphatic heterocycles. The van der Waals surface area contributed by atoms with Gasteiger partial charge in [-0.3, -0.25) is 0 Å². The molecule has 0 bridgehead atoms. The topological polar surface area (TPSA) is 48.1 Å². The lowest BCUT2D eigenvalue weighted by Gasteiger charge is -2.11. The van der Waals surface area contributed by atoms with Crippen molar-refractivity contribution in [3.05, 3.63) is 54.0 Å². The Morgan fingerprint density at radius 1 is 1.29 bits per heavy atom. The monoisotopic (exact) mass is 232 g/mol. The van der Waals surface area contributed by atoms with Crippen LogP contribution in [0.3, 0.4) is 0 Å². The van der Waals surface area contributed by atoms with Crippen LogP contribution < -0.4 is 10.5 Å². The van der Waals surface area contributed by atoms with Crippen LogP contribution in [0.2, 0.25) is 0 Å². The SMILES string of the molecule is CC(N)c1cccnc1Oc1cccc(F)c1. The number of aromatic nitrogens is 1. The summed E-state index contributed by atoms with van der Waals surface area (Å²) in [7, 11) is 0. The second kappa shape index (κ2) is 4.93. The quantitative estimate of drug-likeness (QED) is 0.884. The van der Waals surface area contributed by atoms with Crippen molar-refractivity contribution in [3.63, 3.8) is 0 Å². The van der Waals surface area contributed by atoms with Crippen LogP contribution >= 0.6 is 0 Å². The summed E-state index contributed by atoms with van der Waals surface area (Å²) in [5.74, 6) is 0.472. The van der Waals surface area contributed by atoms with E-state index in [1.54, 1.807) is 24.4 Å². The molecule has 1 aromatic carbocycles. The number of rotatable bonds is 3. The van der Waals surface area contributed by atoms with Crippen LogP contribution in [0.4, 0.5) is 4.39 Å². The van der Waals surface area contributed by atoms with E-state index in [0.717, 1.165) is 5.56 Å². The molecule has 3 nitrogen and oxygen atoms in total. The van der Waals surface area contributed by atoms with E-state index in [-0.39, 0.29) is 11.9 Å². The molecule has 0 radical (unpaired) electrons. The number of halogens is 1. The van der Waals surface area contributed by atoms with Crippen LogP contribution in [0.1, 0.15) is 18.5 Å². The molecule has 1 unspecified atom stereocenters. The Bertz CT molecular complexity index is 514. The van der Waals surface area contributed by atoms with Gasteiger partial charge in [-0.15, -0.1) is 0 Å². The average Bonchev–Trinajstić information content (AvgIpc) is 2.29. The van der Waals surface area contributed by atoms with Crippen LogP contribution in [-0.4, -0.2) is 4.98 Å². The lowest BCUT2D eigenvalue weighted by molar-refractivity contribution is 0.448. The zero-order chi connectivity index (χ0) is 12.3. The zero-order valence-electron chi connectivity index (χ0n) is 9.43. The number of hydrogen-bond acceptors (Lipinski definition) is 3. The van der Waals surface area contributed by atoms with Crippen LogP contribution in [0.25, 0.3) is 0 Å². The summed E-state index contributed by atoms with van der Waals surface area (Å²) in [5, 5.41) is 0. The van der Waals surface area contributed by atoms with Crippen molar-refractivity contribution in [1.82, 2.24) is 4.98 Å². The van der Waals surface area contributed by atoms with Crippen molar-refractivity contribution in [3.8, 4) is 11.6 Å². The Labute approximate surface area is 99.1 Å². The lowest BCUT2D eigenvalue weighted by Crippen LogP contribution is -2.07. The molecule has 1 aromatic heterocycles. The van der Waals surface area contributed by atoms with Crippen LogP contribution in [0.5, 0.6) is 11.6 Å². The van der Waals surface area contributed by atoms with Gasteiger partial charge in [-0.25, -0.2) is 9.37 Å². The Kier molecular flexibility index (Phi) is 3.35. The molecule has 2 N–H and O–H groups in total. The van der Waals surface area contributed by atoms with E-state index in [1.165, 1.54) is 12.1 Å². The summed E-state index contributed by atoms with van der Waals surface area (Å²) in [6.07, 6.45) is 1.61. The summed E-state index contributed by atoms with van der Waals surface area (Å²) < 4.78 is 18.5. The van der Waals surface area contributed by atoms with E-state index in [1.807, 2.05) is 13.0 Å². The molecule has 0 amide bonds. The molecular weight excluding hydrogens is 219 g/mol. The fourth-order valence-corrected chi connectivity index (χ4v) is 1.48. The molecule has 0 spiro atoms. The highest BCUT2D eigenvalue weighted by Gasteiger charge is 2.09. The molecule has 0 aliphatic carbocycles. The van der Waals surface area contributed by atoms with E-state index in [4.69, 9.17) is 10.5 Å².